The van der Waals surface area contributed by atoms with Gasteiger partial charge in [0.05, 0.1) is 0 Å². The van der Waals surface area contributed by atoms with Crippen molar-refractivity contribution in [2.75, 3.05) is 5.32 Å². The van der Waals surface area contributed by atoms with Gasteiger partial charge in [0.15, 0.2) is 0 Å². The Bertz CT molecular complexity index is 419. The summed E-state index contributed by atoms with van der Waals surface area (Å²) in [6.45, 7) is 0. The van der Waals surface area contributed by atoms with Crippen LogP contribution in [0.4, 0.5) is 5.95 Å². The van der Waals surface area contributed by atoms with Crippen LogP contribution in [0.3, 0.4) is 0 Å². The SMILES string of the molecule is c1cn(C2CC3CCC2C3)c(NC2CCCC2)n1. The summed E-state index contributed by atoms with van der Waals surface area (Å²) in [7, 11) is 0. The molecule has 0 spiro atoms. The van der Waals surface area contributed by atoms with Crippen LogP contribution in [0.25, 0.3) is 0 Å². The Labute approximate surface area is 109 Å². The van der Waals surface area contributed by atoms with E-state index in [0.29, 0.717) is 6.04 Å². The molecule has 0 aliphatic heterocycles. The van der Waals surface area contributed by atoms with Crippen LogP contribution in [-0.4, -0.2) is 15.6 Å². The molecule has 3 saturated carbocycles. The van der Waals surface area contributed by atoms with Gasteiger partial charge in [0.2, 0.25) is 5.95 Å². The Kier molecular flexibility index (Phi) is 2.59. The third-order valence-corrected chi connectivity index (χ3v) is 5.42. The summed E-state index contributed by atoms with van der Waals surface area (Å²) >= 11 is 0. The fourth-order valence-corrected chi connectivity index (χ4v) is 4.50. The monoisotopic (exact) mass is 245 g/mol. The first-order valence-corrected chi connectivity index (χ1v) is 7.69. The van der Waals surface area contributed by atoms with Crippen LogP contribution in [0.2, 0.25) is 0 Å². The molecular weight excluding hydrogens is 222 g/mol. The zero-order valence-corrected chi connectivity index (χ0v) is 11.0. The van der Waals surface area contributed by atoms with Gasteiger partial charge in [-0.25, -0.2) is 4.98 Å². The van der Waals surface area contributed by atoms with E-state index in [-0.39, 0.29) is 0 Å². The smallest absolute Gasteiger partial charge is 0.203 e. The molecule has 3 aliphatic carbocycles. The molecule has 0 saturated heterocycles. The lowest BCUT2D eigenvalue weighted by molar-refractivity contribution is 0.331. The first-order chi connectivity index (χ1) is 8.90. The fraction of sp³-hybridized carbons (Fsp3) is 0.800. The predicted octanol–water partition coefficient (Wildman–Crippen LogP) is 3.60. The minimum Gasteiger partial charge on any atom is -0.353 e. The molecule has 0 radical (unpaired) electrons. The van der Waals surface area contributed by atoms with Crippen molar-refractivity contribution in [2.45, 2.75) is 63.5 Å². The minimum absolute atomic E-state index is 0.671. The number of rotatable bonds is 3. The van der Waals surface area contributed by atoms with E-state index in [4.69, 9.17) is 0 Å². The van der Waals surface area contributed by atoms with E-state index < -0.39 is 0 Å². The van der Waals surface area contributed by atoms with Crippen molar-refractivity contribution < 1.29 is 0 Å². The van der Waals surface area contributed by atoms with Gasteiger partial charge in [-0.05, 0) is 43.9 Å². The number of nitrogens with zero attached hydrogens (tertiary/aromatic N) is 2. The molecule has 1 aromatic heterocycles. The molecule has 0 aromatic carbocycles. The number of anilines is 1. The average Bonchev–Trinajstić information content (AvgIpc) is 3.14. The van der Waals surface area contributed by atoms with Crippen LogP contribution in [0.15, 0.2) is 12.4 Å². The molecule has 4 rings (SSSR count). The van der Waals surface area contributed by atoms with E-state index in [1.807, 2.05) is 6.20 Å². The van der Waals surface area contributed by atoms with E-state index in [1.165, 1.54) is 51.4 Å². The summed E-state index contributed by atoms with van der Waals surface area (Å²) in [5, 5.41) is 3.68. The van der Waals surface area contributed by atoms with Crippen molar-refractivity contribution in [3.63, 3.8) is 0 Å². The van der Waals surface area contributed by atoms with Gasteiger partial charge in [0, 0.05) is 24.5 Å². The maximum Gasteiger partial charge on any atom is 0.203 e. The van der Waals surface area contributed by atoms with Crippen molar-refractivity contribution >= 4 is 5.95 Å². The highest BCUT2D eigenvalue weighted by Gasteiger charge is 2.41. The lowest BCUT2D eigenvalue weighted by atomic mass is 9.95. The van der Waals surface area contributed by atoms with Gasteiger partial charge in [-0.3, -0.25) is 0 Å². The zero-order chi connectivity index (χ0) is 11.9. The third kappa shape index (κ3) is 1.75. The summed E-state index contributed by atoms with van der Waals surface area (Å²) < 4.78 is 2.45. The summed E-state index contributed by atoms with van der Waals surface area (Å²) in [5.74, 6) is 3.06. The summed E-state index contributed by atoms with van der Waals surface area (Å²) in [6.07, 6.45) is 15.3. The van der Waals surface area contributed by atoms with Gasteiger partial charge in [-0.15, -0.1) is 0 Å². The highest BCUT2D eigenvalue weighted by atomic mass is 15.2. The quantitative estimate of drug-likeness (QED) is 0.881. The van der Waals surface area contributed by atoms with Gasteiger partial charge in [-0.1, -0.05) is 19.3 Å². The zero-order valence-electron chi connectivity index (χ0n) is 11.0. The van der Waals surface area contributed by atoms with Gasteiger partial charge in [0.1, 0.15) is 0 Å². The normalized spacial score (nSPS) is 35.4. The van der Waals surface area contributed by atoms with Gasteiger partial charge in [0.25, 0.3) is 0 Å². The van der Waals surface area contributed by atoms with E-state index in [9.17, 15) is 0 Å². The van der Waals surface area contributed by atoms with Gasteiger partial charge >= 0.3 is 0 Å². The maximum absolute atomic E-state index is 4.56. The van der Waals surface area contributed by atoms with Crippen molar-refractivity contribution in [1.82, 2.24) is 9.55 Å². The molecule has 3 heteroatoms. The third-order valence-electron chi connectivity index (χ3n) is 5.42. The molecule has 1 aromatic rings. The molecule has 3 nitrogen and oxygen atoms in total. The lowest BCUT2D eigenvalue weighted by Crippen LogP contribution is -2.22. The Balaban J connectivity index is 1.52. The molecule has 3 atom stereocenters. The summed E-state index contributed by atoms with van der Waals surface area (Å²) in [6, 6.07) is 1.40. The maximum atomic E-state index is 4.56. The standard InChI is InChI=1S/C15H23N3/c1-2-4-13(3-1)17-15-16-7-8-18(15)14-10-11-5-6-12(14)9-11/h7-8,11-14H,1-6,9-10H2,(H,16,17). The molecule has 98 valence electrons. The Morgan fingerprint density at radius 3 is 2.72 bits per heavy atom. The number of hydrogen-bond donors (Lipinski definition) is 1. The van der Waals surface area contributed by atoms with E-state index in [1.54, 1.807) is 0 Å². The van der Waals surface area contributed by atoms with Gasteiger partial charge < -0.3 is 9.88 Å². The second kappa shape index (κ2) is 4.29. The Morgan fingerprint density at radius 2 is 2.00 bits per heavy atom. The largest absolute Gasteiger partial charge is 0.353 e. The summed E-state index contributed by atoms with van der Waals surface area (Å²) in [5.41, 5.74) is 0. The van der Waals surface area contributed by atoms with Crippen LogP contribution in [0.5, 0.6) is 0 Å². The summed E-state index contributed by atoms with van der Waals surface area (Å²) in [4.78, 5) is 4.56. The van der Waals surface area contributed by atoms with E-state index in [0.717, 1.165) is 23.8 Å². The van der Waals surface area contributed by atoms with Crippen LogP contribution < -0.4 is 5.32 Å². The van der Waals surface area contributed by atoms with Gasteiger partial charge in [-0.2, -0.15) is 0 Å². The second-order valence-corrected chi connectivity index (χ2v) is 6.53. The van der Waals surface area contributed by atoms with Crippen LogP contribution in [-0.2, 0) is 0 Å². The molecule has 3 fully saturated rings. The van der Waals surface area contributed by atoms with Crippen LogP contribution in [0.1, 0.15) is 57.4 Å². The van der Waals surface area contributed by atoms with Crippen molar-refractivity contribution in [3.05, 3.63) is 12.4 Å². The molecule has 1 heterocycles. The minimum atomic E-state index is 0.671. The average molecular weight is 245 g/mol. The predicted molar refractivity (Wildman–Crippen MR) is 72.6 cm³/mol. The van der Waals surface area contributed by atoms with Crippen molar-refractivity contribution in [2.24, 2.45) is 11.8 Å². The topological polar surface area (TPSA) is 29.9 Å². The number of nitrogens with one attached hydrogen (secondary N) is 1. The van der Waals surface area contributed by atoms with Crippen molar-refractivity contribution in [3.8, 4) is 0 Å². The molecular formula is C15H23N3. The van der Waals surface area contributed by atoms with Crippen LogP contribution >= 0.6 is 0 Å². The first kappa shape index (κ1) is 10.9. The molecule has 3 aliphatic rings. The fourth-order valence-electron chi connectivity index (χ4n) is 4.50. The molecule has 18 heavy (non-hydrogen) atoms. The number of hydrogen-bond acceptors (Lipinski definition) is 2. The van der Waals surface area contributed by atoms with E-state index in [2.05, 4.69) is 21.1 Å². The lowest BCUT2D eigenvalue weighted by Gasteiger charge is -2.26. The number of fused-ring (bicyclic) bond motifs is 2. The van der Waals surface area contributed by atoms with Crippen molar-refractivity contribution in [1.29, 1.82) is 0 Å². The second-order valence-electron chi connectivity index (χ2n) is 6.53. The Hall–Kier alpha value is -0.990. The highest BCUT2D eigenvalue weighted by Crippen LogP contribution is 2.51. The first-order valence-electron chi connectivity index (χ1n) is 7.69. The molecule has 3 unspecified atom stereocenters. The van der Waals surface area contributed by atoms with E-state index >= 15 is 0 Å². The van der Waals surface area contributed by atoms with Crippen LogP contribution in [0, 0.1) is 11.8 Å². The number of aromatic nitrogens is 2. The number of imidazole rings is 1. The molecule has 2 bridgehead atoms. The highest BCUT2D eigenvalue weighted by molar-refractivity contribution is 5.29. The molecule has 1 N–H and O–H groups in total. The Morgan fingerprint density at radius 1 is 1.11 bits per heavy atom. The molecule has 0 amide bonds.